The summed E-state index contributed by atoms with van der Waals surface area (Å²) in [4.78, 5) is 11.9. The van der Waals surface area contributed by atoms with Crippen LogP contribution in [0.25, 0.3) is 0 Å². The zero-order valence-corrected chi connectivity index (χ0v) is 13.5. The molecule has 0 aromatic heterocycles. The van der Waals surface area contributed by atoms with Gasteiger partial charge in [-0.25, -0.2) is 17.6 Å². The van der Waals surface area contributed by atoms with Crippen molar-refractivity contribution in [2.24, 2.45) is 0 Å². The summed E-state index contributed by atoms with van der Waals surface area (Å²) in [6, 6.07) is 5.02. The quantitative estimate of drug-likeness (QED) is 0.586. The van der Waals surface area contributed by atoms with Crippen LogP contribution in [0.2, 0.25) is 0 Å². The lowest BCUT2D eigenvalue weighted by Crippen LogP contribution is -2.21. The minimum atomic E-state index is -5.64. The number of alkyl halides is 3. The molecular formula is C17H12F7NO. The standard InChI is InChI=1S/C17H12F7NO/c1-7-3-8(2)5-9(4-7)6-10(26)25-16-14(20)12(18)11(17(22,23)24)13(19)15(16)21/h3-5H,6H2,1-2H3,(H,25,26). The largest absolute Gasteiger partial charge is 0.422 e. The Morgan fingerprint density at radius 3 is 1.77 bits per heavy atom. The Morgan fingerprint density at radius 1 is 0.885 bits per heavy atom. The minimum absolute atomic E-state index is 0.397. The lowest BCUT2D eigenvalue weighted by molar-refractivity contribution is -0.143. The molecule has 0 bridgehead atoms. The number of amides is 1. The van der Waals surface area contributed by atoms with Gasteiger partial charge in [-0.1, -0.05) is 29.3 Å². The maximum absolute atomic E-state index is 13.8. The molecule has 2 aromatic rings. The van der Waals surface area contributed by atoms with Gasteiger partial charge in [-0.2, -0.15) is 13.2 Å². The van der Waals surface area contributed by atoms with Crippen LogP contribution in [0.1, 0.15) is 22.3 Å². The normalized spacial score (nSPS) is 11.6. The van der Waals surface area contributed by atoms with E-state index in [1.54, 1.807) is 37.4 Å². The smallest absolute Gasteiger partial charge is 0.321 e. The predicted molar refractivity (Wildman–Crippen MR) is 79.5 cm³/mol. The highest BCUT2D eigenvalue weighted by atomic mass is 19.4. The van der Waals surface area contributed by atoms with E-state index >= 15 is 0 Å². The van der Waals surface area contributed by atoms with Gasteiger partial charge in [0, 0.05) is 0 Å². The van der Waals surface area contributed by atoms with Crippen LogP contribution in [0.5, 0.6) is 0 Å². The molecule has 0 saturated heterocycles. The third-order valence-corrected chi connectivity index (χ3v) is 3.46. The molecule has 0 aliphatic carbocycles. The van der Waals surface area contributed by atoms with Gasteiger partial charge in [0.15, 0.2) is 23.3 Å². The molecule has 0 saturated carbocycles. The van der Waals surface area contributed by atoms with Crippen LogP contribution in [0, 0.1) is 37.1 Å². The van der Waals surface area contributed by atoms with Crippen molar-refractivity contribution in [3.63, 3.8) is 0 Å². The van der Waals surface area contributed by atoms with Gasteiger partial charge in [0.2, 0.25) is 5.91 Å². The van der Waals surface area contributed by atoms with E-state index in [0.717, 1.165) is 11.1 Å². The second kappa shape index (κ2) is 6.97. The van der Waals surface area contributed by atoms with Crippen LogP contribution < -0.4 is 5.32 Å². The molecule has 0 atom stereocenters. The van der Waals surface area contributed by atoms with Gasteiger partial charge >= 0.3 is 6.18 Å². The van der Waals surface area contributed by atoms with E-state index in [1.807, 2.05) is 0 Å². The summed E-state index contributed by atoms with van der Waals surface area (Å²) in [5.74, 6) is -11.0. The average Bonchev–Trinajstić information content (AvgIpc) is 2.47. The molecule has 2 nitrogen and oxygen atoms in total. The van der Waals surface area contributed by atoms with Gasteiger partial charge < -0.3 is 5.32 Å². The number of nitrogens with one attached hydrogen (secondary N) is 1. The van der Waals surface area contributed by atoms with E-state index in [4.69, 9.17) is 0 Å². The van der Waals surface area contributed by atoms with Crippen LogP contribution >= 0.6 is 0 Å². The lowest BCUT2D eigenvalue weighted by Gasteiger charge is -2.14. The number of hydrogen-bond acceptors (Lipinski definition) is 1. The molecule has 0 heterocycles. The van der Waals surface area contributed by atoms with Gasteiger partial charge in [0.25, 0.3) is 0 Å². The van der Waals surface area contributed by atoms with Crippen molar-refractivity contribution in [1.29, 1.82) is 0 Å². The first kappa shape index (κ1) is 19.7. The van der Waals surface area contributed by atoms with Crippen LogP contribution in [-0.2, 0) is 17.4 Å². The Kier molecular flexibility index (Phi) is 5.29. The maximum atomic E-state index is 13.8. The predicted octanol–water partition coefficient (Wildman–Crippen LogP) is 5.06. The summed E-state index contributed by atoms with van der Waals surface area (Å²) >= 11 is 0. The Balaban J connectivity index is 2.36. The van der Waals surface area contributed by atoms with Crippen molar-refractivity contribution in [3.05, 3.63) is 63.7 Å². The monoisotopic (exact) mass is 379 g/mol. The third kappa shape index (κ3) is 3.97. The molecule has 9 heteroatoms. The molecule has 0 aliphatic heterocycles. The molecule has 2 rings (SSSR count). The molecular weight excluding hydrogens is 367 g/mol. The molecule has 1 N–H and O–H groups in total. The second-order valence-corrected chi connectivity index (χ2v) is 5.72. The van der Waals surface area contributed by atoms with Crippen LogP contribution in [-0.4, -0.2) is 5.91 Å². The van der Waals surface area contributed by atoms with Crippen molar-refractivity contribution in [1.82, 2.24) is 0 Å². The zero-order valence-electron chi connectivity index (χ0n) is 13.5. The lowest BCUT2D eigenvalue weighted by atomic mass is 10.0. The number of carbonyl (C=O) groups excluding carboxylic acids is 1. The molecule has 26 heavy (non-hydrogen) atoms. The molecule has 0 unspecified atom stereocenters. The topological polar surface area (TPSA) is 29.1 Å². The van der Waals surface area contributed by atoms with Crippen molar-refractivity contribution in [2.75, 3.05) is 5.32 Å². The van der Waals surface area contributed by atoms with Gasteiger partial charge in [0.05, 0.1) is 6.42 Å². The second-order valence-electron chi connectivity index (χ2n) is 5.72. The fraction of sp³-hybridized carbons (Fsp3) is 0.235. The maximum Gasteiger partial charge on any atom is 0.422 e. The molecule has 0 fully saturated rings. The van der Waals surface area contributed by atoms with E-state index in [1.165, 1.54) is 0 Å². The summed E-state index contributed by atoms with van der Waals surface area (Å²) in [5.41, 5.74) is -2.25. The summed E-state index contributed by atoms with van der Waals surface area (Å²) in [6.45, 7) is 3.49. The fourth-order valence-electron chi connectivity index (χ4n) is 2.53. The molecule has 2 aromatic carbocycles. The molecule has 0 radical (unpaired) electrons. The SMILES string of the molecule is Cc1cc(C)cc(CC(=O)Nc2c(F)c(F)c(C(F)(F)F)c(F)c2F)c1. The fourth-order valence-corrected chi connectivity index (χ4v) is 2.53. The summed E-state index contributed by atoms with van der Waals surface area (Å²) in [5, 5.41) is 1.59. The van der Waals surface area contributed by atoms with Gasteiger partial charge in [-0.05, 0) is 19.4 Å². The number of rotatable bonds is 3. The van der Waals surface area contributed by atoms with Crippen molar-refractivity contribution < 1.29 is 35.5 Å². The highest BCUT2D eigenvalue weighted by Gasteiger charge is 2.42. The first-order valence-electron chi connectivity index (χ1n) is 7.22. The first-order chi connectivity index (χ1) is 11.9. The third-order valence-electron chi connectivity index (χ3n) is 3.46. The van der Waals surface area contributed by atoms with Crippen molar-refractivity contribution >= 4 is 11.6 Å². The Morgan fingerprint density at radius 2 is 1.35 bits per heavy atom. The summed E-state index contributed by atoms with van der Waals surface area (Å²) < 4.78 is 92.2. The number of benzene rings is 2. The van der Waals surface area contributed by atoms with E-state index in [9.17, 15) is 35.5 Å². The zero-order chi connectivity index (χ0) is 19.8. The van der Waals surface area contributed by atoms with Gasteiger partial charge in [0.1, 0.15) is 11.3 Å². The Bertz CT molecular complexity index is 825. The molecule has 140 valence electrons. The number of halogens is 7. The summed E-state index contributed by atoms with van der Waals surface area (Å²) in [7, 11) is 0. The Labute approximate surface area is 143 Å². The summed E-state index contributed by atoms with van der Waals surface area (Å²) in [6.07, 6.45) is -6.04. The molecule has 0 aliphatic rings. The van der Waals surface area contributed by atoms with Crippen molar-refractivity contribution in [3.8, 4) is 0 Å². The molecule has 0 spiro atoms. The van der Waals surface area contributed by atoms with Gasteiger partial charge in [-0.15, -0.1) is 0 Å². The minimum Gasteiger partial charge on any atom is -0.321 e. The number of anilines is 1. The number of hydrogen-bond donors (Lipinski definition) is 1. The highest BCUT2D eigenvalue weighted by molar-refractivity contribution is 5.92. The molecule has 1 amide bonds. The number of carbonyl (C=O) groups is 1. The van der Waals surface area contributed by atoms with Crippen LogP contribution in [0.4, 0.5) is 36.4 Å². The van der Waals surface area contributed by atoms with Crippen molar-refractivity contribution in [2.45, 2.75) is 26.4 Å². The van der Waals surface area contributed by atoms with Crippen LogP contribution in [0.15, 0.2) is 18.2 Å². The highest BCUT2D eigenvalue weighted by Crippen LogP contribution is 2.38. The van der Waals surface area contributed by atoms with E-state index < -0.39 is 53.0 Å². The Hall–Kier alpha value is -2.58. The van der Waals surface area contributed by atoms with E-state index in [0.29, 0.717) is 5.56 Å². The first-order valence-corrected chi connectivity index (χ1v) is 7.22. The van der Waals surface area contributed by atoms with Crippen LogP contribution in [0.3, 0.4) is 0 Å². The van der Waals surface area contributed by atoms with E-state index in [2.05, 4.69) is 0 Å². The van der Waals surface area contributed by atoms with E-state index in [-0.39, 0.29) is 0 Å². The van der Waals surface area contributed by atoms with Gasteiger partial charge in [-0.3, -0.25) is 4.79 Å². The number of aryl methyl sites for hydroxylation is 2. The average molecular weight is 379 g/mol.